The molecule has 20 heavy (non-hydrogen) atoms. The molecule has 1 unspecified atom stereocenters. The average molecular weight is 276 g/mol. The van der Waals surface area contributed by atoms with Gasteiger partial charge in [-0.15, -0.1) is 0 Å². The molecule has 0 spiro atoms. The monoisotopic (exact) mass is 276 g/mol. The van der Waals surface area contributed by atoms with Gasteiger partial charge in [0.25, 0.3) is 5.69 Å². The highest BCUT2D eigenvalue weighted by molar-refractivity contribution is 5.60. The summed E-state index contributed by atoms with van der Waals surface area (Å²) in [5.74, 6) is 0.402. The Morgan fingerprint density at radius 3 is 2.65 bits per heavy atom. The summed E-state index contributed by atoms with van der Waals surface area (Å²) in [5, 5.41) is 19.8. The van der Waals surface area contributed by atoms with Crippen molar-refractivity contribution in [3.05, 3.63) is 33.9 Å². The molecule has 1 aromatic carbocycles. The third kappa shape index (κ3) is 3.93. The maximum Gasteiger partial charge on any atom is 0.289 e. The maximum absolute atomic E-state index is 10.9. The van der Waals surface area contributed by atoms with Crippen LogP contribution >= 0.6 is 0 Å². The number of benzene rings is 1. The Morgan fingerprint density at radius 2 is 2.15 bits per heavy atom. The number of nitriles is 1. The molecule has 0 aliphatic carbocycles. The van der Waals surface area contributed by atoms with E-state index in [4.69, 9.17) is 11.0 Å². The molecule has 0 aliphatic rings. The molecule has 108 valence electrons. The van der Waals surface area contributed by atoms with E-state index in [0.717, 1.165) is 6.42 Å². The van der Waals surface area contributed by atoms with Crippen LogP contribution in [0.2, 0.25) is 0 Å². The van der Waals surface area contributed by atoms with E-state index in [1.54, 1.807) is 6.07 Å². The summed E-state index contributed by atoms with van der Waals surface area (Å²) >= 11 is 0. The Hall–Kier alpha value is -2.13. The van der Waals surface area contributed by atoms with Crippen molar-refractivity contribution in [3.8, 4) is 6.07 Å². The summed E-state index contributed by atoms with van der Waals surface area (Å²) in [5.41, 5.74) is 6.62. The SMILES string of the molecule is CC(C)C(N)CCN(C)c1ccc(C#N)c([N+](=O)[O-])c1. The number of hydrogen-bond donors (Lipinski definition) is 1. The van der Waals surface area contributed by atoms with Crippen molar-refractivity contribution < 1.29 is 4.92 Å². The van der Waals surface area contributed by atoms with E-state index in [2.05, 4.69) is 13.8 Å². The van der Waals surface area contributed by atoms with Gasteiger partial charge in [-0.05, 0) is 24.5 Å². The first kappa shape index (κ1) is 15.9. The van der Waals surface area contributed by atoms with Gasteiger partial charge in [0.05, 0.1) is 4.92 Å². The molecule has 0 saturated carbocycles. The predicted molar refractivity (Wildman–Crippen MR) is 78.5 cm³/mol. The highest BCUT2D eigenvalue weighted by atomic mass is 16.6. The van der Waals surface area contributed by atoms with Gasteiger partial charge in [-0.25, -0.2) is 0 Å². The van der Waals surface area contributed by atoms with Gasteiger partial charge >= 0.3 is 0 Å². The Labute approximate surface area is 118 Å². The van der Waals surface area contributed by atoms with Crippen molar-refractivity contribution in [2.24, 2.45) is 11.7 Å². The average Bonchev–Trinajstić information content (AvgIpc) is 2.43. The van der Waals surface area contributed by atoms with Crippen molar-refractivity contribution in [3.63, 3.8) is 0 Å². The molecule has 1 atom stereocenters. The van der Waals surface area contributed by atoms with Gasteiger partial charge < -0.3 is 10.6 Å². The lowest BCUT2D eigenvalue weighted by Crippen LogP contribution is -2.31. The van der Waals surface area contributed by atoms with Crippen molar-refractivity contribution >= 4 is 11.4 Å². The number of nitro groups is 1. The van der Waals surface area contributed by atoms with Crippen LogP contribution in [0.4, 0.5) is 11.4 Å². The van der Waals surface area contributed by atoms with E-state index >= 15 is 0 Å². The second-order valence-corrected chi connectivity index (χ2v) is 5.19. The summed E-state index contributed by atoms with van der Waals surface area (Å²) in [6.45, 7) is 4.84. The van der Waals surface area contributed by atoms with Crippen LogP contribution in [0, 0.1) is 27.4 Å². The van der Waals surface area contributed by atoms with Crippen LogP contribution in [0.25, 0.3) is 0 Å². The molecule has 0 bridgehead atoms. The smallest absolute Gasteiger partial charge is 0.289 e. The van der Waals surface area contributed by atoms with Crippen molar-refractivity contribution in [2.45, 2.75) is 26.3 Å². The number of anilines is 1. The fraction of sp³-hybridized carbons (Fsp3) is 0.500. The molecule has 6 heteroatoms. The van der Waals surface area contributed by atoms with E-state index in [9.17, 15) is 10.1 Å². The van der Waals surface area contributed by atoms with Gasteiger partial charge in [-0.3, -0.25) is 10.1 Å². The van der Waals surface area contributed by atoms with E-state index in [1.165, 1.54) is 12.1 Å². The number of nitrogens with two attached hydrogens (primary N) is 1. The Kier molecular flexibility index (Phi) is 5.47. The van der Waals surface area contributed by atoms with Gasteiger partial charge in [0.15, 0.2) is 0 Å². The first-order valence-corrected chi connectivity index (χ1v) is 6.52. The highest BCUT2D eigenvalue weighted by Gasteiger charge is 2.16. The van der Waals surface area contributed by atoms with Gasteiger partial charge in [-0.1, -0.05) is 13.8 Å². The zero-order valence-corrected chi connectivity index (χ0v) is 12.0. The Balaban J connectivity index is 2.84. The lowest BCUT2D eigenvalue weighted by molar-refractivity contribution is -0.385. The molecule has 0 aliphatic heterocycles. The van der Waals surface area contributed by atoms with E-state index in [-0.39, 0.29) is 17.3 Å². The van der Waals surface area contributed by atoms with Gasteiger partial charge in [-0.2, -0.15) is 5.26 Å². The topological polar surface area (TPSA) is 96.2 Å². The van der Waals surface area contributed by atoms with Crippen molar-refractivity contribution in [1.29, 1.82) is 5.26 Å². The third-order valence-corrected chi connectivity index (χ3v) is 3.39. The second kappa shape index (κ2) is 6.87. The summed E-state index contributed by atoms with van der Waals surface area (Å²) in [6.07, 6.45) is 0.808. The minimum Gasteiger partial charge on any atom is -0.374 e. The van der Waals surface area contributed by atoms with Crippen LogP contribution in [0.1, 0.15) is 25.8 Å². The van der Waals surface area contributed by atoms with E-state index in [1.807, 2.05) is 18.0 Å². The molecule has 0 fully saturated rings. The number of nitrogens with zero attached hydrogens (tertiary/aromatic N) is 3. The maximum atomic E-state index is 10.9. The molecule has 0 saturated heterocycles. The van der Waals surface area contributed by atoms with Gasteiger partial charge in [0.2, 0.25) is 0 Å². The molecular weight excluding hydrogens is 256 g/mol. The molecular formula is C14H20N4O2. The zero-order chi connectivity index (χ0) is 15.3. The van der Waals surface area contributed by atoms with Crippen LogP contribution in [-0.4, -0.2) is 24.6 Å². The molecule has 6 nitrogen and oxygen atoms in total. The zero-order valence-electron chi connectivity index (χ0n) is 12.0. The van der Waals surface area contributed by atoms with Gasteiger partial charge in [0, 0.05) is 31.4 Å². The van der Waals surface area contributed by atoms with Crippen LogP contribution in [0.15, 0.2) is 18.2 Å². The first-order chi connectivity index (χ1) is 9.36. The molecule has 1 rings (SSSR count). The normalized spacial score (nSPS) is 12.0. The lowest BCUT2D eigenvalue weighted by atomic mass is 10.0. The summed E-state index contributed by atoms with van der Waals surface area (Å²) < 4.78 is 0. The Bertz CT molecular complexity index is 522. The number of nitro benzene ring substituents is 1. The standard InChI is InChI=1S/C14H20N4O2/c1-10(2)13(16)6-7-17(3)12-5-4-11(9-15)14(8-12)18(19)20/h4-5,8,10,13H,6-7,16H2,1-3H3. The number of rotatable bonds is 6. The van der Waals surface area contributed by atoms with E-state index < -0.39 is 4.92 Å². The largest absolute Gasteiger partial charge is 0.374 e. The van der Waals surface area contributed by atoms with Crippen molar-refractivity contribution in [1.82, 2.24) is 0 Å². The summed E-state index contributed by atoms with van der Waals surface area (Å²) in [6, 6.07) is 6.55. The van der Waals surface area contributed by atoms with Crippen LogP contribution in [0.5, 0.6) is 0 Å². The van der Waals surface area contributed by atoms with Gasteiger partial charge in [0.1, 0.15) is 11.6 Å². The molecule has 0 radical (unpaired) electrons. The summed E-state index contributed by atoms with van der Waals surface area (Å²) in [4.78, 5) is 12.3. The third-order valence-electron chi connectivity index (χ3n) is 3.39. The molecule has 2 N–H and O–H groups in total. The second-order valence-electron chi connectivity index (χ2n) is 5.19. The van der Waals surface area contributed by atoms with Crippen LogP contribution < -0.4 is 10.6 Å². The first-order valence-electron chi connectivity index (χ1n) is 6.52. The fourth-order valence-electron chi connectivity index (χ4n) is 1.81. The van der Waals surface area contributed by atoms with E-state index in [0.29, 0.717) is 18.2 Å². The molecule has 0 aromatic heterocycles. The molecule has 0 amide bonds. The minimum absolute atomic E-state index is 0.0750. The molecule has 1 aromatic rings. The summed E-state index contributed by atoms with van der Waals surface area (Å²) in [7, 11) is 1.86. The highest BCUT2D eigenvalue weighted by Crippen LogP contribution is 2.24. The predicted octanol–water partition coefficient (Wildman–Crippen LogP) is 2.28. The quantitative estimate of drug-likeness (QED) is 0.635. The Morgan fingerprint density at radius 1 is 1.50 bits per heavy atom. The van der Waals surface area contributed by atoms with Crippen molar-refractivity contribution in [2.75, 3.05) is 18.5 Å². The minimum atomic E-state index is -0.532. The fourth-order valence-corrected chi connectivity index (χ4v) is 1.81. The van der Waals surface area contributed by atoms with Crippen LogP contribution in [0.3, 0.4) is 0 Å². The number of hydrogen-bond acceptors (Lipinski definition) is 5. The lowest BCUT2D eigenvalue weighted by Gasteiger charge is -2.23. The van der Waals surface area contributed by atoms with Crippen LogP contribution in [-0.2, 0) is 0 Å². The molecule has 0 heterocycles.